The molecule has 1 aliphatic heterocycles. The molecule has 0 bridgehead atoms. The summed E-state index contributed by atoms with van der Waals surface area (Å²) in [4.78, 5) is 13.6. The number of primary amides is 1. The molecule has 3 heteroatoms. The number of likely N-dealkylation sites (tertiary alicyclic amines) is 1. The molecule has 1 heterocycles. The molecular weight excluding hydrogens is 164 g/mol. The molecule has 1 fully saturated rings. The summed E-state index contributed by atoms with van der Waals surface area (Å²) in [7, 11) is 0. The van der Waals surface area contributed by atoms with E-state index in [0.717, 1.165) is 19.5 Å². The second kappa shape index (κ2) is 4.09. The number of piperidine rings is 1. The average molecular weight is 184 g/mol. The maximum atomic E-state index is 11.3. The van der Waals surface area contributed by atoms with E-state index in [0.29, 0.717) is 0 Å². The van der Waals surface area contributed by atoms with Gasteiger partial charge in [-0.3, -0.25) is 9.69 Å². The molecule has 3 nitrogen and oxygen atoms in total. The first kappa shape index (κ1) is 10.5. The molecule has 0 aromatic carbocycles. The summed E-state index contributed by atoms with van der Waals surface area (Å²) in [6.45, 7) is 6.03. The predicted octanol–water partition coefficient (Wildman–Crippen LogP) is 1.13. The van der Waals surface area contributed by atoms with E-state index < -0.39 is 5.54 Å². The second-order valence-corrected chi connectivity index (χ2v) is 4.04. The number of hydrogen-bond acceptors (Lipinski definition) is 2. The molecule has 1 rings (SSSR count). The van der Waals surface area contributed by atoms with Crippen molar-refractivity contribution in [3.05, 3.63) is 0 Å². The Hall–Kier alpha value is -0.570. The van der Waals surface area contributed by atoms with E-state index in [9.17, 15) is 4.79 Å². The minimum absolute atomic E-state index is 0.183. The van der Waals surface area contributed by atoms with Crippen molar-refractivity contribution in [2.45, 2.75) is 45.1 Å². The van der Waals surface area contributed by atoms with Gasteiger partial charge < -0.3 is 5.73 Å². The molecule has 1 unspecified atom stereocenters. The Balaban J connectivity index is 2.68. The third-order valence-corrected chi connectivity index (χ3v) is 3.27. The highest BCUT2D eigenvalue weighted by Crippen LogP contribution is 2.23. The van der Waals surface area contributed by atoms with Crippen LogP contribution in [-0.2, 0) is 4.79 Å². The largest absolute Gasteiger partial charge is 0.368 e. The first-order valence-electron chi connectivity index (χ1n) is 5.16. The van der Waals surface area contributed by atoms with E-state index in [1.165, 1.54) is 19.3 Å². The molecule has 0 saturated carbocycles. The average Bonchev–Trinajstić information content (AvgIpc) is 2.17. The molecule has 0 radical (unpaired) electrons. The highest BCUT2D eigenvalue weighted by molar-refractivity contribution is 5.84. The molecule has 0 aromatic heterocycles. The minimum atomic E-state index is -0.416. The molecule has 1 amide bonds. The van der Waals surface area contributed by atoms with Crippen LogP contribution >= 0.6 is 0 Å². The topological polar surface area (TPSA) is 46.3 Å². The van der Waals surface area contributed by atoms with E-state index in [1.807, 2.05) is 13.8 Å². The molecule has 0 aliphatic carbocycles. The van der Waals surface area contributed by atoms with Crippen LogP contribution in [0.25, 0.3) is 0 Å². The van der Waals surface area contributed by atoms with Gasteiger partial charge in [0.1, 0.15) is 0 Å². The van der Waals surface area contributed by atoms with Gasteiger partial charge in [0.15, 0.2) is 0 Å². The summed E-state index contributed by atoms with van der Waals surface area (Å²) in [5.41, 5.74) is 5.02. The lowest BCUT2D eigenvalue weighted by molar-refractivity contribution is -0.130. The summed E-state index contributed by atoms with van der Waals surface area (Å²) in [5.74, 6) is -0.183. The van der Waals surface area contributed by atoms with Crippen molar-refractivity contribution in [2.24, 2.45) is 5.73 Å². The number of amides is 1. The number of carbonyl (C=O) groups excluding carboxylic acids is 1. The van der Waals surface area contributed by atoms with Crippen LogP contribution in [0.5, 0.6) is 0 Å². The Morgan fingerprint density at radius 1 is 1.38 bits per heavy atom. The zero-order chi connectivity index (χ0) is 9.90. The molecule has 1 saturated heterocycles. The standard InChI is InChI=1S/C10H20N2O/c1-3-10(2,9(11)13)12-7-5-4-6-8-12/h3-8H2,1-2H3,(H2,11,13). The van der Waals surface area contributed by atoms with E-state index in [2.05, 4.69) is 4.90 Å². The fourth-order valence-corrected chi connectivity index (χ4v) is 1.94. The first-order chi connectivity index (χ1) is 6.11. The van der Waals surface area contributed by atoms with Gasteiger partial charge in [-0.15, -0.1) is 0 Å². The first-order valence-corrected chi connectivity index (χ1v) is 5.16. The Morgan fingerprint density at radius 2 is 1.92 bits per heavy atom. The lowest BCUT2D eigenvalue weighted by Gasteiger charge is -2.40. The van der Waals surface area contributed by atoms with Crippen molar-refractivity contribution in [1.82, 2.24) is 4.90 Å². The normalized spacial score (nSPS) is 23.8. The van der Waals surface area contributed by atoms with Gasteiger partial charge in [-0.2, -0.15) is 0 Å². The maximum absolute atomic E-state index is 11.3. The van der Waals surface area contributed by atoms with Gasteiger partial charge in [0.25, 0.3) is 0 Å². The predicted molar refractivity (Wildman–Crippen MR) is 53.3 cm³/mol. The van der Waals surface area contributed by atoms with Crippen molar-refractivity contribution in [3.8, 4) is 0 Å². The van der Waals surface area contributed by atoms with Crippen LogP contribution < -0.4 is 5.73 Å². The SMILES string of the molecule is CCC(C)(C(N)=O)N1CCCCC1. The van der Waals surface area contributed by atoms with Crippen molar-refractivity contribution >= 4 is 5.91 Å². The summed E-state index contributed by atoms with van der Waals surface area (Å²) in [6.07, 6.45) is 4.49. The summed E-state index contributed by atoms with van der Waals surface area (Å²) in [5, 5.41) is 0. The van der Waals surface area contributed by atoms with Crippen LogP contribution in [0.4, 0.5) is 0 Å². The minimum Gasteiger partial charge on any atom is -0.368 e. The molecule has 2 N–H and O–H groups in total. The molecule has 13 heavy (non-hydrogen) atoms. The fraction of sp³-hybridized carbons (Fsp3) is 0.900. The van der Waals surface area contributed by atoms with Crippen LogP contribution in [0.3, 0.4) is 0 Å². The number of rotatable bonds is 3. The molecular formula is C10H20N2O. The fourth-order valence-electron chi connectivity index (χ4n) is 1.94. The van der Waals surface area contributed by atoms with Gasteiger partial charge in [0, 0.05) is 0 Å². The van der Waals surface area contributed by atoms with E-state index in [1.54, 1.807) is 0 Å². The number of hydrogen-bond donors (Lipinski definition) is 1. The quantitative estimate of drug-likeness (QED) is 0.714. The van der Waals surface area contributed by atoms with E-state index in [-0.39, 0.29) is 5.91 Å². The van der Waals surface area contributed by atoms with Crippen LogP contribution in [0.15, 0.2) is 0 Å². The summed E-state index contributed by atoms with van der Waals surface area (Å²) < 4.78 is 0. The monoisotopic (exact) mass is 184 g/mol. The highest BCUT2D eigenvalue weighted by Gasteiger charge is 2.36. The van der Waals surface area contributed by atoms with Crippen LogP contribution in [0, 0.1) is 0 Å². The zero-order valence-electron chi connectivity index (χ0n) is 8.68. The maximum Gasteiger partial charge on any atom is 0.237 e. The lowest BCUT2D eigenvalue weighted by atomic mass is 9.93. The van der Waals surface area contributed by atoms with Gasteiger partial charge >= 0.3 is 0 Å². The summed E-state index contributed by atoms with van der Waals surface area (Å²) >= 11 is 0. The van der Waals surface area contributed by atoms with Gasteiger partial charge in [-0.1, -0.05) is 13.3 Å². The smallest absolute Gasteiger partial charge is 0.237 e. The Bertz CT molecular complexity index is 187. The van der Waals surface area contributed by atoms with Crippen LogP contribution in [-0.4, -0.2) is 29.4 Å². The number of nitrogens with two attached hydrogens (primary N) is 1. The Morgan fingerprint density at radius 3 is 2.31 bits per heavy atom. The van der Waals surface area contributed by atoms with Gasteiger partial charge in [-0.25, -0.2) is 0 Å². The number of nitrogens with zero attached hydrogens (tertiary/aromatic N) is 1. The Labute approximate surface area is 80.3 Å². The zero-order valence-corrected chi connectivity index (χ0v) is 8.68. The van der Waals surface area contributed by atoms with Crippen molar-refractivity contribution in [2.75, 3.05) is 13.1 Å². The van der Waals surface area contributed by atoms with Crippen molar-refractivity contribution < 1.29 is 4.79 Å². The molecule has 0 spiro atoms. The Kier molecular flexibility index (Phi) is 3.31. The highest BCUT2D eigenvalue weighted by atomic mass is 16.1. The van der Waals surface area contributed by atoms with E-state index >= 15 is 0 Å². The van der Waals surface area contributed by atoms with Crippen molar-refractivity contribution in [1.29, 1.82) is 0 Å². The van der Waals surface area contributed by atoms with Crippen molar-refractivity contribution in [3.63, 3.8) is 0 Å². The molecule has 1 atom stereocenters. The van der Waals surface area contributed by atoms with Gasteiger partial charge in [-0.05, 0) is 39.3 Å². The van der Waals surface area contributed by atoms with Gasteiger partial charge in [0.2, 0.25) is 5.91 Å². The number of carbonyl (C=O) groups is 1. The third kappa shape index (κ3) is 2.02. The molecule has 76 valence electrons. The summed E-state index contributed by atoms with van der Waals surface area (Å²) in [6, 6.07) is 0. The van der Waals surface area contributed by atoms with Crippen LogP contribution in [0.2, 0.25) is 0 Å². The van der Waals surface area contributed by atoms with Gasteiger partial charge in [0.05, 0.1) is 5.54 Å². The molecule has 1 aliphatic rings. The third-order valence-electron chi connectivity index (χ3n) is 3.27. The molecule has 0 aromatic rings. The van der Waals surface area contributed by atoms with E-state index in [4.69, 9.17) is 5.73 Å². The lowest BCUT2D eigenvalue weighted by Crippen LogP contribution is -2.56. The van der Waals surface area contributed by atoms with Crippen LogP contribution in [0.1, 0.15) is 39.5 Å². The second-order valence-electron chi connectivity index (χ2n) is 4.04.